The summed E-state index contributed by atoms with van der Waals surface area (Å²) in [6.07, 6.45) is 2.65. The smallest absolute Gasteiger partial charge is 0.207 e. The van der Waals surface area contributed by atoms with Gasteiger partial charge in [0.2, 0.25) is 6.41 Å². The molecule has 0 aliphatic heterocycles. The lowest BCUT2D eigenvalue weighted by Gasteiger charge is -1.97. The highest BCUT2D eigenvalue weighted by atomic mass is 32.1. The van der Waals surface area contributed by atoms with Crippen LogP contribution in [0.25, 0.3) is 0 Å². The molecule has 0 saturated heterocycles. The molecule has 0 fully saturated rings. The maximum atomic E-state index is 10.1. The molecule has 0 bridgehead atoms. The first-order valence-electron chi connectivity index (χ1n) is 5.66. The molecule has 88 valence electrons. The van der Waals surface area contributed by atoms with Crippen molar-refractivity contribution in [2.75, 3.05) is 6.54 Å². The average molecular weight is 245 g/mol. The van der Waals surface area contributed by atoms with Crippen molar-refractivity contribution in [3.05, 3.63) is 57.8 Å². The molecule has 3 heteroatoms. The lowest BCUT2D eigenvalue weighted by atomic mass is 10.1. The minimum atomic E-state index is 0.717. The van der Waals surface area contributed by atoms with Crippen LogP contribution in [0, 0.1) is 0 Å². The van der Waals surface area contributed by atoms with E-state index in [1.165, 1.54) is 16.0 Å². The van der Waals surface area contributed by atoms with Crippen molar-refractivity contribution in [3.8, 4) is 0 Å². The lowest BCUT2D eigenvalue weighted by molar-refractivity contribution is -0.109. The van der Waals surface area contributed by atoms with Crippen LogP contribution in [-0.4, -0.2) is 13.0 Å². The number of benzene rings is 1. The van der Waals surface area contributed by atoms with Gasteiger partial charge in [-0.1, -0.05) is 30.3 Å². The molecule has 0 atom stereocenters. The molecule has 1 aromatic carbocycles. The summed E-state index contributed by atoms with van der Waals surface area (Å²) in [4.78, 5) is 11.5. The van der Waals surface area contributed by atoms with Crippen LogP contribution < -0.4 is 5.32 Å². The molecule has 17 heavy (non-hydrogen) atoms. The molecule has 1 heterocycles. The van der Waals surface area contributed by atoms with Gasteiger partial charge in [-0.2, -0.15) is 0 Å². The molecule has 0 unspecified atom stereocenters. The number of rotatable bonds is 6. The lowest BCUT2D eigenvalue weighted by Crippen LogP contribution is -2.13. The first kappa shape index (κ1) is 11.9. The minimum absolute atomic E-state index is 0.717. The highest BCUT2D eigenvalue weighted by molar-refractivity contribution is 7.10. The second kappa shape index (κ2) is 6.21. The molecule has 2 aromatic rings. The standard InChI is InChI=1S/C14H15NOS/c16-11-15-7-6-14-9-13(10-17-14)8-12-4-2-1-3-5-12/h1-5,9-11H,6-8H2,(H,15,16). The van der Waals surface area contributed by atoms with E-state index in [-0.39, 0.29) is 0 Å². The molecule has 0 aliphatic carbocycles. The first-order valence-corrected chi connectivity index (χ1v) is 6.53. The van der Waals surface area contributed by atoms with Gasteiger partial charge in [0.25, 0.3) is 0 Å². The Kier molecular flexibility index (Phi) is 4.33. The predicted octanol–water partition coefficient (Wildman–Crippen LogP) is 2.63. The van der Waals surface area contributed by atoms with Crippen LogP contribution in [0.3, 0.4) is 0 Å². The van der Waals surface area contributed by atoms with E-state index in [9.17, 15) is 4.79 Å². The largest absolute Gasteiger partial charge is 0.358 e. The van der Waals surface area contributed by atoms with E-state index in [1.54, 1.807) is 11.3 Å². The summed E-state index contributed by atoms with van der Waals surface area (Å²) in [6.45, 7) is 0.717. The van der Waals surface area contributed by atoms with Gasteiger partial charge in [-0.05, 0) is 35.4 Å². The molecule has 2 rings (SSSR count). The number of nitrogens with one attached hydrogen (secondary N) is 1. The Morgan fingerprint density at radius 3 is 2.76 bits per heavy atom. The number of thiophene rings is 1. The van der Waals surface area contributed by atoms with Crippen molar-refractivity contribution in [3.63, 3.8) is 0 Å². The van der Waals surface area contributed by atoms with Crippen LogP contribution in [-0.2, 0) is 17.6 Å². The van der Waals surface area contributed by atoms with E-state index < -0.39 is 0 Å². The highest BCUT2D eigenvalue weighted by Gasteiger charge is 2.01. The van der Waals surface area contributed by atoms with Gasteiger partial charge < -0.3 is 5.32 Å². The zero-order valence-electron chi connectivity index (χ0n) is 9.56. The van der Waals surface area contributed by atoms with Crippen molar-refractivity contribution >= 4 is 17.7 Å². The molecule has 0 aliphatic rings. The van der Waals surface area contributed by atoms with Gasteiger partial charge in [0.15, 0.2) is 0 Å². The zero-order valence-corrected chi connectivity index (χ0v) is 10.4. The van der Waals surface area contributed by atoms with Gasteiger partial charge in [-0.3, -0.25) is 4.79 Å². The fourth-order valence-electron chi connectivity index (χ4n) is 1.74. The Hall–Kier alpha value is -1.61. The Bertz CT molecular complexity index is 464. The number of hydrogen-bond donors (Lipinski definition) is 1. The third-order valence-corrected chi connectivity index (χ3v) is 3.60. The van der Waals surface area contributed by atoms with E-state index in [4.69, 9.17) is 0 Å². The summed E-state index contributed by atoms with van der Waals surface area (Å²) in [7, 11) is 0. The molecule has 1 amide bonds. The predicted molar refractivity (Wildman–Crippen MR) is 71.3 cm³/mol. The average Bonchev–Trinajstić information content (AvgIpc) is 2.79. The quantitative estimate of drug-likeness (QED) is 0.615. The van der Waals surface area contributed by atoms with E-state index >= 15 is 0 Å². The topological polar surface area (TPSA) is 29.1 Å². The molecule has 1 N–H and O–H groups in total. The monoisotopic (exact) mass is 245 g/mol. The van der Waals surface area contributed by atoms with E-state index in [2.05, 4.69) is 41.0 Å². The van der Waals surface area contributed by atoms with E-state index in [0.29, 0.717) is 0 Å². The fraction of sp³-hybridized carbons (Fsp3) is 0.214. The highest BCUT2D eigenvalue weighted by Crippen LogP contribution is 2.18. The van der Waals surface area contributed by atoms with Crippen molar-refractivity contribution in [1.29, 1.82) is 0 Å². The molecular formula is C14H15NOS. The van der Waals surface area contributed by atoms with Gasteiger partial charge in [-0.25, -0.2) is 0 Å². The molecule has 0 saturated carbocycles. The molecule has 2 nitrogen and oxygen atoms in total. The normalized spacial score (nSPS) is 10.1. The van der Waals surface area contributed by atoms with Crippen molar-refractivity contribution in [2.45, 2.75) is 12.8 Å². The van der Waals surface area contributed by atoms with Crippen LogP contribution in [0.15, 0.2) is 41.8 Å². The minimum Gasteiger partial charge on any atom is -0.358 e. The zero-order chi connectivity index (χ0) is 11.9. The maximum absolute atomic E-state index is 10.1. The van der Waals surface area contributed by atoms with E-state index in [0.717, 1.165) is 25.8 Å². The summed E-state index contributed by atoms with van der Waals surface area (Å²) >= 11 is 1.76. The molecule has 0 spiro atoms. The van der Waals surface area contributed by atoms with Crippen LogP contribution in [0.5, 0.6) is 0 Å². The second-order valence-electron chi connectivity index (χ2n) is 3.91. The van der Waals surface area contributed by atoms with Gasteiger partial charge in [0.05, 0.1) is 0 Å². The number of amides is 1. The maximum Gasteiger partial charge on any atom is 0.207 e. The fourth-order valence-corrected chi connectivity index (χ4v) is 2.63. The summed E-state index contributed by atoms with van der Waals surface area (Å²) in [5.41, 5.74) is 2.69. The van der Waals surface area contributed by atoms with Crippen LogP contribution in [0.4, 0.5) is 0 Å². The summed E-state index contributed by atoms with van der Waals surface area (Å²) in [5, 5.41) is 4.88. The SMILES string of the molecule is O=CNCCc1cc(Cc2ccccc2)cs1. The van der Waals surface area contributed by atoms with Crippen LogP contribution in [0.2, 0.25) is 0 Å². The van der Waals surface area contributed by atoms with Crippen molar-refractivity contribution in [1.82, 2.24) is 5.32 Å². The van der Waals surface area contributed by atoms with Crippen LogP contribution >= 0.6 is 11.3 Å². The van der Waals surface area contributed by atoms with Crippen LogP contribution in [0.1, 0.15) is 16.0 Å². The third kappa shape index (κ3) is 3.71. The molecule has 1 aromatic heterocycles. The number of hydrogen-bond acceptors (Lipinski definition) is 2. The summed E-state index contributed by atoms with van der Waals surface area (Å²) in [5.74, 6) is 0. The molecular weight excluding hydrogens is 230 g/mol. The Labute approximate surface area is 105 Å². The van der Waals surface area contributed by atoms with Gasteiger partial charge in [0, 0.05) is 11.4 Å². The number of carbonyl (C=O) groups is 1. The Morgan fingerprint density at radius 1 is 1.18 bits per heavy atom. The Balaban J connectivity index is 1.92. The Morgan fingerprint density at radius 2 is 2.00 bits per heavy atom. The number of carbonyl (C=O) groups excluding carboxylic acids is 1. The van der Waals surface area contributed by atoms with Gasteiger partial charge in [0.1, 0.15) is 0 Å². The third-order valence-electron chi connectivity index (χ3n) is 2.56. The van der Waals surface area contributed by atoms with Crippen molar-refractivity contribution in [2.24, 2.45) is 0 Å². The second-order valence-corrected chi connectivity index (χ2v) is 4.90. The molecule has 0 radical (unpaired) electrons. The van der Waals surface area contributed by atoms with Crippen molar-refractivity contribution < 1.29 is 4.79 Å². The summed E-state index contributed by atoms with van der Waals surface area (Å²) in [6, 6.07) is 12.7. The first-order chi connectivity index (χ1) is 8.38. The van der Waals surface area contributed by atoms with E-state index in [1.807, 2.05) is 6.07 Å². The van der Waals surface area contributed by atoms with Gasteiger partial charge in [-0.15, -0.1) is 11.3 Å². The van der Waals surface area contributed by atoms with Gasteiger partial charge >= 0.3 is 0 Å². The summed E-state index contributed by atoms with van der Waals surface area (Å²) < 4.78 is 0.